The van der Waals surface area contributed by atoms with E-state index in [4.69, 9.17) is 21.1 Å². The van der Waals surface area contributed by atoms with E-state index in [-0.39, 0.29) is 27.3 Å². The summed E-state index contributed by atoms with van der Waals surface area (Å²) in [6.07, 6.45) is 3.20. The number of ether oxygens (including phenoxy) is 2. The molecule has 0 bridgehead atoms. The predicted octanol–water partition coefficient (Wildman–Crippen LogP) is 4.11. The van der Waals surface area contributed by atoms with Crippen LogP contribution in [0.5, 0.6) is 11.5 Å². The molecule has 0 atom stereocenters. The van der Waals surface area contributed by atoms with Crippen LogP contribution in [0.4, 0.5) is 5.69 Å². The zero-order chi connectivity index (χ0) is 24.7. The number of anilines is 1. The summed E-state index contributed by atoms with van der Waals surface area (Å²) in [5, 5.41) is 0.196. The number of nitrogens with one attached hydrogen (secondary N) is 1. The van der Waals surface area contributed by atoms with Gasteiger partial charge in [0.1, 0.15) is 0 Å². The van der Waals surface area contributed by atoms with Gasteiger partial charge in [0.05, 0.1) is 29.8 Å². The summed E-state index contributed by atoms with van der Waals surface area (Å²) in [6, 6.07) is 8.94. The fraction of sp³-hybridized carbons (Fsp3) is 0.458. The van der Waals surface area contributed by atoms with E-state index < -0.39 is 10.0 Å². The van der Waals surface area contributed by atoms with Gasteiger partial charge in [-0.25, -0.2) is 8.42 Å². The number of methoxy groups -OCH3 is 2. The average Bonchev–Trinajstić information content (AvgIpc) is 3.08. The van der Waals surface area contributed by atoms with Crippen molar-refractivity contribution in [3.05, 3.63) is 47.0 Å². The van der Waals surface area contributed by atoms with Gasteiger partial charge >= 0.3 is 0 Å². The predicted molar refractivity (Wildman–Crippen MR) is 134 cm³/mol. The van der Waals surface area contributed by atoms with E-state index in [9.17, 15) is 13.2 Å². The summed E-state index contributed by atoms with van der Waals surface area (Å²) in [5.41, 5.74) is 0.526. The van der Waals surface area contributed by atoms with Crippen LogP contribution in [0.1, 0.15) is 36.5 Å². The Morgan fingerprint density at radius 3 is 2.50 bits per heavy atom. The van der Waals surface area contributed by atoms with Gasteiger partial charge in [0, 0.05) is 31.3 Å². The van der Waals surface area contributed by atoms with Crippen molar-refractivity contribution in [3.63, 3.8) is 0 Å². The molecule has 1 fully saturated rings. The van der Waals surface area contributed by atoms with Crippen molar-refractivity contribution in [1.82, 2.24) is 9.80 Å². The van der Waals surface area contributed by atoms with Gasteiger partial charge in [-0.3, -0.25) is 9.52 Å². The summed E-state index contributed by atoms with van der Waals surface area (Å²) >= 11 is 6.28. The summed E-state index contributed by atoms with van der Waals surface area (Å²) in [4.78, 5) is 17.4. The lowest BCUT2D eigenvalue weighted by atomic mass is 10.1. The fourth-order valence-corrected chi connectivity index (χ4v) is 5.19. The number of nitrogens with zero attached hydrogens (tertiary/aromatic N) is 2. The molecule has 2 aromatic rings. The van der Waals surface area contributed by atoms with Gasteiger partial charge in [0.25, 0.3) is 15.9 Å². The van der Waals surface area contributed by atoms with Crippen LogP contribution >= 0.6 is 11.6 Å². The highest BCUT2D eigenvalue weighted by atomic mass is 35.5. The number of halogens is 1. The van der Waals surface area contributed by atoms with Crippen LogP contribution < -0.4 is 14.2 Å². The van der Waals surface area contributed by atoms with E-state index in [1.54, 1.807) is 6.07 Å². The van der Waals surface area contributed by atoms with Gasteiger partial charge in [-0.1, -0.05) is 24.9 Å². The van der Waals surface area contributed by atoms with Crippen LogP contribution in [-0.4, -0.2) is 71.1 Å². The van der Waals surface area contributed by atoms with Crippen LogP contribution in [0.15, 0.2) is 41.3 Å². The molecule has 8 nitrogen and oxygen atoms in total. The topological polar surface area (TPSA) is 88.2 Å². The molecule has 34 heavy (non-hydrogen) atoms. The highest BCUT2D eigenvalue weighted by Crippen LogP contribution is 2.31. The molecule has 1 heterocycles. The molecule has 0 aromatic heterocycles. The number of hydrogen-bond acceptors (Lipinski definition) is 6. The van der Waals surface area contributed by atoms with Crippen LogP contribution in [0.3, 0.4) is 0 Å². The third-order valence-corrected chi connectivity index (χ3v) is 7.52. The minimum atomic E-state index is -3.98. The Morgan fingerprint density at radius 2 is 1.79 bits per heavy atom. The molecule has 0 radical (unpaired) electrons. The van der Waals surface area contributed by atoms with Crippen molar-refractivity contribution in [2.75, 3.05) is 51.7 Å². The summed E-state index contributed by atoms with van der Waals surface area (Å²) < 4.78 is 38.9. The van der Waals surface area contributed by atoms with Crippen LogP contribution in [-0.2, 0) is 10.0 Å². The van der Waals surface area contributed by atoms with Gasteiger partial charge in [0.15, 0.2) is 11.5 Å². The lowest BCUT2D eigenvalue weighted by molar-refractivity contribution is 0.0761. The zero-order valence-electron chi connectivity index (χ0n) is 19.8. The molecule has 1 aliphatic rings. The number of carbonyl (C=O) groups excluding carboxylic acids is 1. The number of carbonyl (C=O) groups is 1. The van der Waals surface area contributed by atoms with Gasteiger partial charge < -0.3 is 19.3 Å². The number of amides is 1. The molecule has 3 rings (SSSR count). The first-order valence-corrected chi connectivity index (χ1v) is 13.2. The second kappa shape index (κ2) is 11.8. The van der Waals surface area contributed by atoms with Gasteiger partial charge in [-0.05, 0) is 56.3 Å². The normalized spacial score (nSPS) is 15.0. The average molecular weight is 510 g/mol. The number of rotatable bonds is 9. The summed E-state index contributed by atoms with van der Waals surface area (Å²) in [6.45, 7) is 6.32. The van der Waals surface area contributed by atoms with Crippen molar-refractivity contribution in [2.45, 2.75) is 31.1 Å². The van der Waals surface area contributed by atoms with Crippen molar-refractivity contribution in [1.29, 1.82) is 0 Å². The quantitative estimate of drug-likeness (QED) is 0.547. The van der Waals surface area contributed by atoms with Crippen molar-refractivity contribution >= 4 is 33.2 Å². The Balaban J connectivity index is 1.78. The zero-order valence-corrected chi connectivity index (χ0v) is 21.4. The van der Waals surface area contributed by atoms with Gasteiger partial charge in [-0.15, -0.1) is 0 Å². The molecule has 1 aliphatic heterocycles. The first-order valence-electron chi connectivity index (χ1n) is 11.3. The Hall–Kier alpha value is -2.49. The number of benzene rings is 2. The summed E-state index contributed by atoms with van der Waals surface area (Å²) in [5.74, 6) is 0.563. The van der Waals surface area contributed by atoms with Crippen LogP contribution in [0.2, 0.25) is 5.02 Å². The Labute approximate surface area is 206 Å². The van der Waals surface area contributed by atoms with E-state index in [0.717, 1.165) is 38.9 Å². The number of sulfonamides is 1. The third kappa shape index (κ3) is 6.34. The van der Waals surface area contributed by atoms with E-state index >= 15 is 0 Å². The van der Waals surface area contributed by atoms with Gasteiger partial charge in [-0.2, -0.15) is 0 Å². The highest BCUT2D eigenvalue weighted by Gasteiger charge is 2.23. The molecule has 0 saturated carbocycles. The SMILES string of the molecule is CCCCN1CCCN(C(=O)c2ccc(Cl)c(NS(=O)(=O)c3ccc(OC)c(OC)c3)c2)CC1. The highest BCUT2D eigenvalue weighted by molar-refractivity contribution is 7.92. The molecule has 2 aromatic carbocycles. The molecule has 10 heteroatoms. The molecular formula is C24H32ClN3O5S. The number of unbranched alkanes of at least 4 members (excludes halogenated alkanes) is 1. The minimum Gasteiger partial charge on any atom is -0.493 e. The molecule has 0 aliphatic carbocycles. The standard InChI is InChI=1S/C24H32ClN3O5S/c1-4-5-11-27-12-6-13-28(15-14-27)24(29)18-7-9-20(25)21(16-18)26-34(30,31)19-8-10-22(32-2)23(17-19)33-3/h7-10,16-17,26H,4-6,11-15H2,1-3H3. The molecule has 1 amide bonds. The minimum absolute atomic E-state index is 0.0161. The van der Waals surface area contributed by atoms with Crippen molar-refractivity contribution in [3.8, 4) is 11.5 Å². The summed E-state index contributed by atoms with van der Waals surface area (Å²) in [7, 11) is -1.08. The van der Waals surface area contributed by atoms with Crippen molar-refractivity contribution < 1.29 is 22.7 Å². The third-order valence-electron chi connectivity index (χ3n) is 5.83. The number of hydrogen-bond donors (Lipinski definition) is 1. The second-order valence-corrected chi connectivity index (χ2v) is 10.2. The molecule has 0 spiro atoms. The van der Waals surface area contributed by atoms with Crippen molar-refractivity contribution in [2.24, 2.45) is 0 Å². The maximum Gasteiger partial charge on any atom is 0.262 e. The first kappa shape index (κ1) is 26.1. The lowest BCUT2D eigenvalue weighted by Gasteiger charge is -2.22. The molecule has 1 N–H and O–H groups in total. The molecule has 1 saturated heterocycles. The Morgan fingerprint density at radius 1 is 1.03 bits per heavy atom. The Kier molecular flexibility index (Phi) is 9.04. The maximum atomic E-state index is 13.2. The molecule has 186 valence electrons. The fourth-order valence-electron chi connectivity index (χ4n) is 3.89. The van der Waals surface area contributed by atoms with E-state index in [0.29, 0.717) is 24.4 Å². The lowest BCUT2D eigenvalue weighted by Crippen LogP contribution is -2.35. The first-order chi connectivity index (χ1) is 16.3. The maximum absolute atomic E-state index is 13.2. The largest absolute Gasteiger partial charge is 0.493 e. The van der Waals surface area contributed by atoms with E-state index in [2.05, 4.69) is 16.5 Å². The van der Waals surface area contributed by atoms with Crippen LogP contribution in [0.25, 0.3) is 0 Å². The monoisotopic (exact) mass is 509 g/mol. The van der Waals surface area contributed by atoms with Gasteiger partial charge in [0.2, 0.25) is 0 Å². The Bertz CT molecular complexity index is 1110. The second-order valence-electron chi connectivity index (χ2n) is 8.16. The molecular weight excluding hydrogens is 478 g/mol. The smallest absolute Gasteiger partial charge is 0.262 e. The van der Waals surface area contributed by atoms with Crippen LogP contribution in [0, 0.1) is 0 Å². The van der Waals surface area contributed by atoms with E-state index in [1.807, 2.05) is 4.90 Å². The molecule has 0 unspecified atom stereocenters. The van der Waals surface area contributed by atoms with E-state index in [1.165, 1.54) is 44.6 Å².